The summed E-state index contributed by atoms with van der Waals surface area (Å²) in [5.41, 5.74) is 1.89. The molecule has 1 amide bonds. The molecule has 5 rings (SSSR count). The van der Waals surface area contributed by atoms with Gasteiger partial charge in [0, 0.05) is 11.3 Å². The summed E-state index contributed by atoms with van der Waals surface area (Å²) >= 11 is 1.32. The third kappa shape index (κ3) is 4.47. The van der Waals surface area contributed by atoms with Gasteiger partial charge in [0.2, 0.25) is 0 Å². The fourth-order valence-corrected chi connectivity index (χ4v) is 6.15. The van der Waals surface area contributed by atoms with Gasteiger partial charge in [-0.2, -0.15) is 18.3 Å². The second kappa shape index (κ2) is 9.61. The highest BCUT2D eigenvalue weighted by molar-refractivity contribution is 7.17. The first kappa shape index (κ1) is 24.4. The molecule has 1 aliphatic carbocycles. The largest absolute Gasteiger partial charge is 0.462 e. The molecule has 1 aromatic carbocycles. The normalized spacial score (nSPS) is 19.1. The molecule has 2 atom stereocenters. The zero-order valence-electron chi connectivity index (χ0n) is 19.5. The van der Waals surface area contributed by atoms with Crippen molar-refractivity contribution >= 4 is 34.0 Å². The third-order valence-electron chi connectivity index (χ3n) is 6.56. The quantitative estimate of drug-likeness (QED) is 0.410. The molecule has 3 heterocycles. The highest BCUT2D eigenvalue weighted by Gasteiger charge is 2.47. The van der Waals surface area contributed by atoms with Gasteiger partial charge in [-0.3, -0.25) is 4.79 Å². The standard InChI is InChI=1S/C25H25F3N4O3S/c1-2-35-24(34)20-15-10-6-7-11-18(15)36-23(20)31-22(33)16-13-29-32-19(25(26,27)28)12-17(30-21(16)32)14-8-4-3-5-9-14/h3-5,8-9,13,17,19,30H,2,6-7,10-12H2,1H3,(H,31,33)/t17-,19+/m0/s1. The Morgan fingerprint density at radius 2 is 1.97 bits per heavy atom. The summed E-state index contributed by atoms with van der Waals surface area (Å²) in [6.07, 6.45) is -0.220. The number of thiophene rings is 1. The van der Waals surface area contributed by atoms with Crippen molar-refractivity contribution in [3.8, 4) is 0 Å². The molecule has 1 aliphatic heterocycles. The van der Waals surface area contributed by atoms with E-state index in [1.165, 1.54) is 11.3 Å². The number of esters is 1. The van der Waals surface area contributed by atoms with Crippen LogP contribution in [0.3, 0.4) is 0 Å². The number of ether oxygens (including phenoxy) is 1. The number of nitrogens with one attached hydrogen (secondary N) is 2. The number of carbonyl (C=O) groups is 2. The minimum Gasteiger partial charge on any atom is -0.462 e. The van der Waals surface area contributed by atoms with Crippen LogP contribution in [0, 0.1) is 0 Å². The monoisotopic (exact) mass is 518 g/mol. The fraction of sp³-hybridized carbons (Fsp3) is 0.400. The number of rotatable bonds is 5. The molecule has 36 heavy (non-hydrogen) atoms. The summed E-state index contributed by atoms with van der Waals surface area (Å²) in [5.74, 6) is -1.15. The lowest BCUT2D eigenvalue weighted by Gasteiger charge is -2.34. The van der Waals surface area contributed by atoms with E-state index in [4.69, 9.17) is 4.74 Å². The van der Waals surface area contributed by atoms with Crippen LogP contribution in [-0.2, 0) is 17.6 Å². The van der Waals surface area contributed by atoms with E-state index >= 15 is 0 Å². The van der Waals surface area contributed by atoms with Crippen molar-refractivity contribution in [2.24, 2.45) is 0 Å². The summed E-state index contributed by atoms with van der Waals surface area (Å²) in [7, 11) is 0. The second-order valence-electron chi connectivity index (χ2n) is 8.84. The smallest absolute Gasteiger partial charge is 0.410 e. The van der Waals surface area contributed by atoms with Crippen LogP contribution in [0.5, 0.6) is 0 Å². The van der Waals surface area contributed by atoms with Crippen molar-refractivity contribution in [1.82, 2.24) is 9.78 Å². The van der Waals surface area contributed by atoms with Crippen molar-refractivity contribution in [2.45, 2.75) is 57.3 Å². The second-order valence-corrected chi connectivity index (χ2v) is 9.95. The van der Waals surface area contributed by atoms with E-state index in [1.807, 2.05) is 0 Å². The van der Waals surface area contributed by atoms with E-state index in [0.29, 0.717) is 22.5 Å². The van der Waals surface area contributed by atoms with Gasteiger partial charge < -0.3 is 15.4 Å². The Balaban J connectivity index is 1.49. The van der Waals surface area contributed by atoms with Gasteiger partial charge >= 0.3 is 12.1 Å². The fourth-order valence-electron chi connectivity index (χ4n) is 4.88. The van der Waals surface area contributed by atoms with E-state index in [0.717, 1.165) is 40.6 Å². The Labute approximate surface area is 209 Å². The summed E-state index contributed by atoms with van der Waals surface area (Å²) in [6.45, 7) is 1.90. The number of benzene rings is 1. The zero-order valence-corrected chi connectivity index (χ0v) is 20.3. The van der Waals surface area contributed by atoms with Crippen LogP contribution in [0.1, 0.15) is 75.0 Å². The molecular formula is C25H25F3N4O3S. The molecule has 0 fully saturated rings. The molecule has 7 nitrogen and oxygen atoms in total. The minimum atomic E-state index is -4.55. The van der Waals surface area contributed by atoms with Crippen LogP contribution in [-0.4, -0.2) is 34.4 Å². The molecule has 3 aromatic rings. The van der Waals surface area contributed by atoms with Crippen LogP contribution >= 0.6 is 11.3 Å². The van der Waals surface area contributed by atoms with Gasteiger partial charge in [0.1, 0.15) is 16.4 Å². The lowest BCUT2D eigenvalue weighted by molar-refractivity contribution is -0.173. The number of amides is 1. The van der Waals surface area contributed by atoms with E-state index in [9.17, 15) is 22.8 Å². The van der Waals surface area contributed by atoms with E-state index in [1.54, 1.807) is 37.3 Å². The molecule has 0 unspecified atom stereocenters. The Morgan fingerprint density at radius 1 is 1.22 bits per heavy atom. The van der Waals surface area contributed by atoms with Gasteiger partial charge in [-0.1, -0.05) is 30.3 Å². The summed E-state index contributed by atoms with van der Waals surface area (Å²) in [5, 5.41) is 10.1. The maximum Gasteiger partial charge on any atom is 0.410 e. The number of carbonyl (C=O) groups excluding carboxylic acids is 2. The Hall–Kier alpha value is -3.34. The molecular weight excluding hydrogens is 493 g/mol. The van der Waals surface area contributed by atoms with Gasteiger partial charge in [-0.15, -0.1) is 11.3 Å². The number of anilines is 2. The van der Waals surface area contributed by atoms with Gasteiger partial charge in [0.05, 0.1) is 24.4 Å². The van der Waals surface area contributed by atoms with E-state index in [2.05, 4.69) is 15.7 Å². The average molecular weight is 519 g/mol. The lowest BCUT2D eigenvalue weighted by Crippen LogP contribution is -2.36. The zero-order chi connectivity index (χ0) is 25.4. The highest BCUT2D eigenvalue weighted by atomic mass is 32.1. The van der Waals surface area contributed by atoms with Crippen LogP contribution in [0.25, 0.3) is 0 Å². The molecule has 0 saturated carbocycles. The van der Waals surface area contributed by atoms with E-state index < -0.39 is 30.1 Å². The van der Waals surface area contributed by atoms with Crippen LogP contribution in [0.2, 0.25) is 0 Å². The SMILES string of the molecule is CCOC(=O)c1c(NC(=O)c2cnn3c2N[C@H](c2ccccc2)C[C@@H]3C(F)(F)F)sc2c1CCCC2. The van der Waals surface area contributed by atoms with Crippen LogP contribution < -0.4 is 10.6 Å². The first-order valence-electron chi connectivity index (χ1n) is 11.9. The molecule has 2 aliphatic rings. The molecule has 2 aromatic heterocycles. The van der Waals surface area contributed by atoms with Crippen LogP contribution in [0.4, 0.5) is 24.0 Å². The molecule has 0 saturated heterocycles. The van der Waals surface area contributed by atoms with E-state index in [-0.39, 0.29) is 24.4 Å². The van der Waals surface area contributed by atoms with Crippen molar-refractivity contribution in [1.29, 1.82) is 0 Å². The predicted molar refractivity (Wildman–Crippen MR) is 130 cm³/mol. The summed E-state index contributed by atoms with van der Waals surface area (Å²) in [4.78, 5) is 27.1. The Kier molecular flexibility index (Phi) is 6.50. The number of hydrogen-bond acceptors (Lipinski definition) is 6. The topological polar surface area (TPSA) is 85.2 Å². The molecule has 11 heteroatoms. The minimum absolute atomic E-state index is 0.00562. The predicted octanol–water partition coefficient (Wildman–Crippen LogP) is 5.91. The number of halogens is 3. The van der Waals surface area contributed by atoms with Gasteiger partial charge in [-0.05, 0) is 43.7 Å². The molecule has 0 radical (unpaired) electrons. The Bertz CT molecular complexity index is 1290. The Morgan fingerprint density at radius 3 is 2.69 bits per heavy atom. The summed E-state index contributed by atoms with van der Waals surface area (Å²) < 4.78 is 48.0. The number of aryl methyl sites for hydroxylation is 1. The molecule has 2 N–H and O–H groups in total. The maximum absolute atomic E-state index is 14.0. The lowest BCUT2D eigenvalue weighted by atomic mass is 9.95. The van der Waals surface area contributed by atoms with Crippen LogP contribution in [0.15, 0.2) is 36.5 Å². The number of nitrogens with zero attached hydrogens (tertiary/aromatic N) is 2. The van der Waals surface area contributed by atoms with Crippen molar-refractivity contribution in [3.05, 3.63) is 63.7 Å². The van der Waals surface area contributed by atoms with Gasteiger partial charge in [-0.25, -0.2) is 9.48 Å². The van der Waals surface area contributed by atoms with Crippen molar-refractivity contribution in [2.75, 3.05) is 17.2 Å². The highest BCUT2D eigenvalue weighted by Crippen LogP contribution is 2.45. The number of hydrogen-bond donors (Lipinski definition) is 2. The van der Waals surface area contributed by atoms with Gasteiger partial charge in [0.25, 0.3) is 5.91 Å². The number of fused-ring (bicyclic) bond motifs is 2. The van der Waals surface area contributed by atoms with Crippen molar-refractivity contribution in [3.63, 3.8) is 0 Å². The first-order valence-corrected chi connectivity index (χ1v) is 12.7. The molecule has 0 bridgehead atoms. The summed E-state index contributed by atoms with van der Waals surface area (Å²) in [6, 6.07) is 6.27. The molecule has 190 valence electrons. The average Bonchev–Trinajstić information content (AvgIpc) is 3.44. The first-order chi connectivity index (χ1) is 17.3. The van der Waals surface area contributed by atoms with Crippen molar-refractivity contribution < 1.29 is 27.5 Å². The van der Waals surface area contributed by atoms with Gasteiger partial charge in [0.15, 0.2) is 6.04 Å². The maximum atomic E-state index is 14.0. The third-order valence-corrected chi connectivity index (χ3v) is 7.77. The molecule has 0 spiro atoms. The number of alkyl halides is 3. The number of aromatic nitrogens is 2.